The fourth-order valence-corrected chi connectivity index (χ4v) is 3.32. The zero-order valence-corrected chi connectivity index (χ0v) is 20.0. The van der Waals surface area contributed by atoms with E-state index in [0.717, 1.165) is 13.1 Å². The second-order valence-electron chi connectivity index (χ2n) is 10.1. The SMILES string of the molecule is COC(=O)C(NC(=O)C(C)(C)CC1CN(CCNC(=O)C(C)(C)C)CCO1)C(C)C. The Bertz CT molecular complexity index is 598. The van der Waals surface area contributed by atoms with Crippen molar-refractivity contribution in [2.45, 2.75) is 67.0 Å². The standard InChI is InChI=1S/C22H41N3O5/c1-15(2)17(18(26)29-8)24-20(28)22(6,7)13-16-14-25(11-12-30-16)10-9-23-19(27)21(3,4)5/h15-17H,9-14H2,1-8H3,(H,23,27)(H,24,28). The van der Waals surface area contributed by atoms with Crippen LogP contribution in [-0.4, -0.2) is 74.7 Å². The van der Waals surface area contributed by atoms with Crippen LogP contribution in [0.2, 0.25) is 0 Å². The molecule has 1 saturated heterocycles. The van der Waals surface area contributed by atoms with Gasteiger partial charge in [0.05, 0.1) is 19.8 Å². The first-order valence-electron chi connectivity index (χ1n) is 10.8. The van der Waals surface area contributed by atoms with Gasteiger partial charge in [0, 0.05) is 37.0 Å². The maximum Gasteiger partial charge on any atom is 0.328 e. The first-order valence-corrected chi connectivity index (χ1v) is 10.8. The molecule has 0 aromatic carbocycles. The third-order valence-electron chi connectivity index (χ3n) is 5.38. The van der Waals surface area contributed by atoms with E-state index in [1.807, 2.05) is 48.5 Å². The van der Waals surface area contributed by atoms with Crippen LogP contribution >= 0.6 is 0 Å². The van der Waals surface area contributed by atoms with Gasteiger partial charge in [0.2, 0.25) is 11.8 Å². The molecule has 0 bridgehead atoms. The second kappa shape index (κ2) is 11.1. The van der Waals surface area contributed by atoms with E-state index in [9.17, 15) is 14.4 Å². The summed E-state index contributed by atoms with van der Waals surface area (Å²) in [5.41, 5.74) is -1.10. The van der Waals surface area contributed by atoms with E-state index in [0.29, 0.717) is 26.1 Å². The van der Waals surface area contributed by atoms with Gasteiger partial charge in [-0.25, -0.2) is 4.79 Å². The summed E-state index contributed by atoms with van der Waals surface area (Å²) >= 11 is 0. The molecule has 0 aromatic rings. The molecule has 0 aromatic heterocycles. The molecule has 1 aliphatic heterocycles. The van der Waals surface area contributed by atoms with E-state index in [4.69, 9.17) is 9.47 Å². The Morgan fingerprint density at radius 3 is 2.30 bits per heavy atom. The van der Waals surface area contributed by atoms with Crippen LogP contribution in [0.4, 0.5) is 0 Å². The van der Waals surface area contributed by atoms with Gasteiger partial charge in [-0.3, -0.25) is 14.5 Å². The molecule has 0 aliphatic carbocycles. The van der Waals surface area contributed by atoms with Gasteiger partial charge in [-0.15, -0.1) is 0 Å². The molecule has 0 radical (unpaired) electrons. The van der Waals surface area contributed by atoms with Crippen molar-refractivity contribution in [3.8, 4) is 0 Å². The van der Waals surface area contributed by atoms with Crippen molar-refractivity contribution in [1.29, 1.82) is 0 Å². The van der Waals surface area contributed by atoms with Crippen LogP contribution in [0.3, 0.4) is 0 Å². The molecule has 0 spiro atoms. The van der Waals surface area contributed by atoms with E-state index < -0.39 is 22.8 Å². The van der Waals surface area contributed by atoms with Gasteiger partial charge >= 0.3 is 5.97 Å². The Hall–Kier alpha value is -1.67. The van der Waals surface area contributed by atoms with Gasteiger partial charge < -0.3 is 20.1 Å². The van der Waals surface area contributed by atoms with Crippen LogP contribution in [0.1, 0.15) is 54.9 Å². The number of rotatable bonds is 9. The lowest BCUT2D eigenvalue weighted by Gasteiger charge is -2.37. The number of hydrogen-bond acceptors (Lipinski definition) is 6. The molecular formula is C22H41N3O5. The number of ether oxygens (including phenoxy) is 2. The second-order valence-corrected chi connectivity index (χ2v) is 10.1. The molecule has 0 saturated carbocycles. The van der Waals surface area contributed by atoms with Gasteiger partial charge in [-0.05, 0) is 12.3 Å². The number of hydrogen-bond donors (Lipinski definition) is 2. The maximum absolute atomic E-state index is 12.9. The lowest BCUT2D eigenvalue weighted by Crippen LogP contribution is -2.52. The van der Waals surface area contributed by atoms with Crippen molar-refractivity contribution in [2.75, 3.05) is 39.9 Å². The summed E-state index contributed by atoms with van der Waals surface area (Å²) in [4.78, 5) is 39.1. The van der Waals surface area contributed by atoms with Crippen LogP contribution < -0.4 is 10.6 Å². The van der Waals surface area contributed by atoms with Gasteiger partial charge in [0.25, 0.3) is 0 Å². The van der Waals surface area contributed by atoms with Crippen molar-refractivity contribution in [1.82, 2.24) is 15.5 Å². The molecule has 174 valence electrons. The summed E-state index contributed by atoms with van der Waals surface area (Å²) in [5, 5.41) is 5.81. The smallest absolute Gasteiger partial charge is 0.328 e. The molecule has 1 fully saturated rings. The molecule has 2 N–H and O–H groups in total. The number of carbonyl (C=O) groups is 3. The van der Waals surface area contributed by atoms with E-state index in [2.05, 4.69) is 15.5 Å². The van der Waals surface area contributed by atoms with Crippen LogP contribution in [0, 0.1) is 16.7 Å². The quantitative estimate of drug-likeness (QED) is 0.542. The van der Waals surface area contributed by atoms with E-state index in [-0.39, 0.29) is 23.8 Å². The van der Waals surface area contributed by atoms with Crippen molar-refractivity contribution in [2.24, 2.45) is 16.7 Å². The van der Waals surface area contributed by atoms with Crippen molar-refractivity contribution < 1.29 is 23.9 Å². The van der Waals surface area contributed by atoms with E-state index >= 15 is 0 Å². The summed E-state index contributed by atoms with van der Waals surface area (Å²) in [5.74, 6) is -0.659. The molecule has 8 heteroatoms. The normalized spacial score (nSPS) is 19.3. The summed E-state index contributed by atoms with van der Waals surface area (Å²) in [6, 6.07) is -0.669. The van der Waals surface area contributed by atoms with Gasteiger partial charge in [0.15, 0.2) is 0 Å². The first kappa shape index (κ1) is 26.4. The highest BCUT2D eigenvalue weighted by Crippen LogP contribution is 2.26. The number of amides is 2. The van der Waals surface area contributed by atoms with Gasteiger partial charge in [-0.2, -0.15) is 0 Å². The number of methoxy groups -OCH3 is 1. The minimum Gasteiger partial charge on any atom is -0.467 e. The summed E-state index contributed by atoms with van der Waals surface area (Å²) in [6.07, 6.45) is 0.448. The van der Waals surface area contributed by atoms with Crippen molar-refractivity contribution >= 4 is 17.8 Å². The number of nitrogens with zero attached hydrogens (tertiary/aromatic N) is 1. The van der Waals surface area contributed by atoms with E-state index in [1.54, 1.807) is 0 Å². The summed E-state index contributed by atoms with van der Waals surface area (Å²) in [6.45, 7) is 16.6. The third kappa shape index (κ3) is 8.22. The number of morpholine rings is 1. The highest BCUT2D eigenvalue weighted by atomic mass is 16.5. The van der Waals surface area contributed by atoms with Crippen molar-refractivity contribution in [3.63, 3.8) is 0 Å². The van der Waals surface area contributed by atoms with E-state index in [1.165, 1.54) is 7.11 Å². The first-order chi connectivity index (χ1) is 13.8. The molecule has 1 aliphatic rings. The number of carbonyl (C=O) groups excluding carboxylic acids is 3. The Labute approximate surface area is 181 Å². The third-order valence-corrected chi connectivity index (χ3v) is 5.38. The highest BCUT2D eigenvalue weighted by Gasteiger charge is 2.36. The molecule has 2 unspecified atom stereocenters. The maximum atomic E-state index is 12.9. The van der Waals surface area contributed by atoms with Crippen LogP contribution in [0.15, 0.2) is 0 Å². The molecular weight excluding hydrogens is 386 g/mol. The van der Waals surface area contributed by atoms with Crippen LogP contribution in [0.25, 0.3) is 0 Å². The topological polar surface area (TPSA) is 97.0 Å². The number of nitrogens with one attached hydrogen (secondary N) is 2. The fraction of sp³-hybridized carbons (Fsp3) is 0.864. The number of esters is 1. The highest BCUT2D eigenvalue weighted by molar-refractivity contribution is 5.87. The fourth-order valence-electron chi connectivity index (χ4n) is 3.32. The van der Waals surface area contributed by atoms with Crippen LogP contribution in [0.5, 0.6) is 0 Å². The Morgan fingerprint density at radius 1 is 1.13 bits per heavy atom. The molecule has 30 heavy (non-hydrogen) atoms. The Morgan fingerprint density at radius 2 is 1.77 bits per heavy atom. The average Bonchev–Trinajstić information content (AvgIpc) is 2.64. The van der Waals surface area contributed by atoms with Gasteiger partial charge in [0.1, 0.15) is 6.04 Å². The molecule has 8 nitrogen and oxygen atoms in total. The minimum atomic E-state index is -0.699. The molecule has 1 rings (SSSR count). The molecule has 2 amide bonds. The molecule has 2 atom stereocenters. The zero-order chi connectivity index (χ0) is 23.1. The Kier molecular flexibility index (Phi) is 9.75. The lowest BCUT2D eigenvalue weighted by atomic mass is 9.84. The monoisotopic (exact) mass is 427 g/mol. The van der Waals surface area contributed by atoms with Crippen molar-refractivity contribution in [3.05, 3.63) is 0 Å². The predicted octanol–water partition coefficient (Wildman–Crippen LogP) is 1.58. The summed E-state index contributed by atoms with van der Waals surface area (Å²) in [7, 11) is 1.32. The van der Waals surface area contributed by atoms with Crippen LogP contribution in [-0.2, 0) is 23.9 Å². The predicted molar refractivity (Wildman–Crippen MR) is 116 cm³/mol. The molecule has 1 heterocycles. The van der Waals surface area contributed by atoms with Gasteiger partial charge in [-0.1, -0.05) is 48.5 Å². The average molecular weight is 428 g/mol. The lowest BCUT2D eigenvalue weighted by molar-refractivity contribution is -0.148. The summed E-state index contributed by atoms with van der Waals surface area (Å²) < 4.78 is 10.7. The Balaban J connectivity index is 2.58. The zero-order valence-electron chi connectivity index (χ0n) is 20.0. The minimum absolute atomic E-state index is 0.0374. The largest absolute Gasteiger partial charge is 0.467 e.